The number of rotatable bonds is 4. The molecular formula is C15H13ClINO2. The van der Waals surface area contributed by atoms with Gasteiger partial charge in [-0.3, -0.25) is 4.79 Å². The van der Waals surface area contributed by atoms with Crippen LogP contribution >= 0.6 is 34.2 Å². The van der Waals surface area contributed by atoms with Crippen molar-refractivity contribution in [3.05, 3.63) is 56.6 Å². The second-order valence-corrected chi connectivity index (χ2v) is 5.70. The SMILES string of the molecule is CCOc1ccc(NC(=O)c2cccc(I)c2)cc1Cl. The molecule has 0 saturated heterocycles. The zero-order valence-corrected chi connectivity index (χ0v) is 13.7. The topological polar surface area (TPSA) is 38.3 Å². The van der Waals surface area contributed by atoms with Crippen LogP contribution in [0.3, 0.4) is 0 Å². The number of ether oxygens (including phenoxy) is 1. The first-order chi connectivity index (χ1) is 9.60. The normalized spacial score (nSPS) is 10.2. The lowest BCUT2D eigenvalue weighted by molar-refractivity contribution is 0.102. The molecule has 1 N–H and O–H groups in total. The second-order valence-electron chi connectivity index (χ2n) is 4.04. The average molecular weight is 402 g/mol. The van der Waals surface area contributed by atoms with E-state index >= 15 is 0 Å². The third-order valence-electron chi connectivity index (χ3n) is 2.58. The molecule has 0 aliphatic heterocycles. The predicted molar refractivity (Wildman–Crippen MR) is 89.7 cm³/mol. The van der Waals surface area contributed by atoms with E-state index in [1.807, 2.05) is 25.1 Å². The zero-order chi connectivity index (χ0) is 14.5. The molecule has 1 amide bonds. The van der Waals surface area contributed by atoms with Crippen molar-refractivity contribution >= 4 is 45.8 Å². The molecule has 0 atom stereocenters. The summed E-state index contributed by atoms with van der Waals surface area (Å²) < 4.78 is 6.37. The molecule has 0 fully saturated rings. The summed E-state index contributed by atoms with van der Waals surface area (Å²) in [6.07, 6.45) is 0. The van der Waals surface area contributed by atoms with Crippen LogP contribution in [0.25, 0.3) is 0 Å². The van der Waals surface area contributed by atoms with Gasteiger partial charge in [-0.05, 0) is 65.9 Å². The van der Waals surface area contributed by atoms with Crippen LogP contribution in [-0.2, 0) is 0 Å². The number of carbonyl (C=O) groups is 1. The molecule has 20 heavy (non-hydrogen) atoms. The van der Waals surface area contributed by atoms with Gasteiger partial charge in [0.05, 0.1) is 11.6 Å². The van der Waals surface area contributed by atoms with E-state index in [1.54, 1.807) is 24.3 Å². The Morgan fingerprint density at radius 2 is 2.10 bits per heavy atom. The molecule has 0 saturated carbocycles. The van der Waals surface area contributed by atoms with Crippen LogP contribution in [0.1, 0.15) is 17.3 Å². The van der Waals surface area contributed by atoms with Gasteiger partial charge in [0.15, 0.2) is 0 Å². The standard InChI is InChI=1S/C15H13ClINO2/c1-2-20-14-7-6-12(9-13(14)16)18-15(19)10-4-3-5-11(17)8-10/h3-9H,2H2,1H3,(H,18,19). The highest BCUT2D eigenvalue weighted by atomic mass is 127. The van der Waals surface area contributed by atoms with Crippen LogP contribution in [0.4, 0.5) is 5.69 Å². The molecule has 0 aromatic heterocycles. The monoisotopic (exact) mass is 401 g/mol. The average Bonchev–Trinajstić information content (AvgIpc) is 2.42. The first-order valence-electron chi connectivity index (χ1n) is 6.09. The lowest BCUT2D eigenvalue weighted by Crippen LogP contribution is -2.12. The summed E-state index contributed by atoms with van der Waals surface area (Å²) in [5, 5.41) is 3.29. The summed E-state index contributed by atoms with van der Waals surface area (Å²) in [4.78, 5) is 12.1. The summed E-state index contributed by atoms with van der Waals surface area (Å²) in [7, 11) is 0. The molecule has 0 bridgehead atoms. The zero-order valence-electron chi connectivity index (χ0n) is 10.8. The number of amides is 1. The molecular weight excluding hydrogens is 389 g/mol. The minimum absolute atomic E-state index is 0.163. The Bertz CT molecular complexity index is 631. The van der Waals surface area contributed by atoms with Crippen molar-refractivity contribution in [1.82, 2.24) is 0 Å². The Hall–Kier alpha value is -1.27. The molecule has 2 rings (SSSR count). The van der Waals surface area contributed by atoms with Crippen LogP contribution < -0.4 is 10.1 Å². The summed E-state index contributed by atoms with van der Waals surface area (Å²) in [5.41, 5.74) is 1.25. The van der Waals surface area contributed by atoms with Crippen molar-refractivity contribution < 1.29 is 9.53 Å². The van der Waals surface area contributed by atoms with E-state index < -0.39 is 0 Å². The van der Waals surface area contributed by atoms with Gasteiger partial charge in [0.2, 0.25) is 0 Å². The van der Waals surface area contributed by atoms with E-state index in [0.29, 0.717) is 28.6 Å². The highest BCUT2D eigenvalue weighted by Crippen LogP contribution is 2.27. The lowest BCUT2D eigenvalue weighted by atomic mass is 10.2. The number of benzene rings is 2. The van der Waals surface area contributed by atoms with Gasteiger partial charge in [-0.25, -0.2) is 0 Å². The highest BCUT2D eigenvalue weighted by Gasteiger charge is 2.08. The molecule has 0 spiro atoms. The molecule has 0 radical (unpaired) electrons. The molecule has 0 unspecified atom stereocenters. The summed E-state index contributed by atoms with van der Waals surface area (Å²) in [5.74, 6) is 0.449. The second kappa shape index (κ2) is 6.95. The number of nitrogens with one attached hydrogen (secondary N) is 1. The van der Waals surface area contributed by atoms with Crippen LogP contribution in [0.2, 0.25) is 5.02 Å². The number of anilines is 1. The Labute approximate surface area is 136 Å². The van der Waals surface area contributed by atoms with Crippen LogP contribution in [0.5, 0.6) is 5.75 Å². The van der Waals surface area contributed by atoms with Crippen LogP contribution in [0, 0.1) is 3.57 Å². The fraction of sp³-hybridized carbons (Fsp3) is 0.133. The molecule has 0 aliphatic carbocycles. The Morgan fingerprint density at radius 3 is 2.75 bits per heavy atom. The number of carbonyl (C=O) groups excluding carboxylic acids is 1. The molecule has 0 heterocycles. The number of hydrogen-bond donors (Lipinski definition) is 1. The van der Waals surface area contributed by atoms with E-state index in [-0.39, 0.29) is 5.91 Å². The molecule has 104 valence electrons. The molecule has 5 heteroatoms. The fourth-order valence-corrected chi connectivity index (χ4v) is 2.46. The minimum atomic E-state index is -0.163. The fourth-order valence-electron chi connectivity index (χ4n) is 1.68. The van der Waals surface area contributed by atoms with E-state index in [2.05, 4.69) is 27.9 Å². The number of halogens is 2. The third kappa shape index (κ3) is 3.86. The van der Waals surface area contributed by atoms with Crippen molar-refractivity contribution in [2.24, 2.45) is 0 Å². The van der Waals surface area contributed by atoms with Crippen molar-refractivity contribution in [1.29, 1.82) is 0 Å². The summed E-state index contributed by atoms with van der Waals surface area (Å²) >= 11 is 8.26. The summed E-state index contributed by atoms with van der Waals surface area (Å²) in [6.45, 7) is 2.44. The first kappa shape index (κ1) is 15.1. The Morgan fingerprint density at radius 1 is 1.30 bits per heavy atom. The minimum Gasteiger partial charge on any atom is -0.492 e. The number of hydrogen-bond acceptors (Lipinski definition) is 2. The van der Waals surface area contributed by atoms with Gasteiger partial charge >= 0.3 is 0 Å². The molecule has 2 aromatic rings. The maximum absolute atomic E-state index is 12.1. The van der Waals surface area contributed by atoms with Crippen molar-refractivity contribution in [3.63, 3.8) is 0 Å². The predicted octanol–water partition coefficient (Wildman–Crippen LogP) is 4.60. The van der Waals surface area contributed by atoms with Crippen LogP contribution in [-0.4, -0.2) is 12.5 Å². The van der Waals surface area contributed by atoms with Crippen LogP contribution in [0.15, 0.2) is 42.5 Å². The quantitative estimate of drug-likeness (QED) is 0.761. The van der Waals surface area contributed by atoms with Gasteiger partial charge in [0, 0.05) is 14.8 Å². The molecule has 0 aliphatic rings. The van der Waals surface area contributed by atoms with Gasteiger partial charge in [-0.1, -0.05) is 17.7 Å². The molecule has 2 aromatic carbocycles. The van der Waals surface area contributed by atoms with E-state index in [1.165, 1.54) is 0 Å². The maximum Gasteiger partial charge on any atom is 0.255 e. The van der Waals surface area contributed by atoms with Gasteiger partial charge in [-0.15, -0.1) is 0 Å². The molecule has 3 nitrogen and oxygen atoms in total. The highest BCUT2D eigenvalue weighted by molar-refractivity contribution is 14.1. The van der Waals surface area contributed by atoms with Gasteiger partial charge in [-0.2, -0.15) is 0 Å². The lowest BCUT2D eigenvalue weighted by Gasteiger charge is -2.09. The largest absolute Gasteiger partial charge is 0.492 e. The van der Waals surface area contributed by atoms with Crippen molar-refractivity contribution in [2.45, 2.75) is 6.92 Å². The maximum atomic E-state index is 12.1. The van der Waals surface area contributed by atoms with Gasteiger partial charge in [0.1, 0.15) is 5.75 Å². The summed E-state index contributed by atoms with van der Waals surface area (Å²) in [6, 6.07) is 12.6. The van der Waals surface area contributed by atoms with Crippen molar-refractivity contribution in [3.8, 4) is 5.75 Å². The van der Waals surface area contributed by atoms with Gasteiger partial charge in [0.25, 0.3) is 5.91 Å². The van der Waals surface area contributed by atoms with E-state index in [9.17, 15) is 4.79 Å². The van der Waals surface area contributed by atoms with Crippen molar-refractivity contribution in [2.75, 3.05) is 11.9 Å². The Kier molecular flexibility index (Phi) is 5.25. The third-order valence-corrected chi connectivity index (χ3v) is 3.54. The first-order valence-corrected chi connectivity index (χ1v) is 7.55. The van der Waals surface area contributed by atoms with Gasteiger partial charge < -0.3 is 10.1 Å². The Balaban J connectivity index is 2.14. The van der Waals surface area contributed by atoms with E-state index in [0.717, 1.165) is 3.57 Å². The van der Waals surface area contributed by atoms with E-state index in [4.69, 9.17) is 16.3 Å². The smallest absolute Gasteiger partial charge is 0.255 e.